The van der Waals surface area contributed by atoms with E-state index < -0.39 is 6.10 Å². The summed E-state index contributed by atoms with van der Waals surface area (Å²) in [5.74, 6) is 0.566. The molecule has 1 rings (SSSR count). The van der Waals surface area contributed by atoms with Crippen LogP contribution in [0, 0.1) is 22.7 Å². The Kier molecular flexibility index (Phi) is 6.52. The van der Waals surface area contributed by atoms with Gasteiger partial charge < -0.3 is 9.84 Å². The van der Waals surface area contributed by atoms with E-state index in [4.69, 9.17) is 15.3 Å². The number of hydrogen-bond acceptors (Lipinski definition) is 5. The summed E-state index contributed by atoms with van der Waals surface area (Å²) in [6.07, 6.45) is -0.222. The summed E-state index contributed by atoms with van der Waals surface area (Å²) in [4.78, 5) is 1.92. The molecular weight excluding hydrogens is 254 g/mol. The van der Waals surface area contributed by atoms with E-state index >= 15 is 0 Å². The van der Waals surface area contributed by atoms with Crippen LogP contribution in [0.5, 0.6) is 5.75 Å². The minimum Gasteiger partial charge on any atom is -0.491 e. The molecule has 1 aromatic carbocycles. The Bertz CT molecular complexity index is 505. The molecule has 0 aromatic heterocycles. The molecule has 106 valence electrons. The number of aliphatic hydroxyl groups excluding tert-OH is 1. The summed E-state index contributed by atoms with van der Waals surface area (Å²) in [6.45, 7) is 2.52. The molecule has 5 nitrogen and oxygen atoms in total. The van der Waals surface area contributed by atoms with Gasteiger partial charge in [0.25, 0.3) is 0 Å². The summed E-state index contributed by atoms with van der Waals surface area (Å²) >= 11 is 0. The van der Waals surface area contributed by atoms with E-state index in [-0.39, 0.29) is 12.6 Å². The zero-order valence-corrected chi connectivity index (χ0v) is 11.8. The van der Waals surface area contributed by atoms with E-state index in [2.05, 4.69) is 6.07 Å². The quantitative estimate of drug-likeness (QED) is 0.815. The molecule has 1 N–H and O–H groups in total. The Morgan fingerprint density at radius 1 is 1.40 bits per heavy atom. The van der Waals surface area contributed by atoms with Gasteiger partial charge >= 0.3 is 0 Å². The lowest BCUT2D eigenvalue weighted by Gasteiger charge is -2.25. The molecule has 1 aromatic rings. The lowest BCUT2D eigenvalue weighted by molar-refractivity contribution is 0.0660. The summed E-state index contributed by atoms with van der Waals surface area (Å²) in [5, 5.41) is 27.3. The molecule has 0 bridgehead atoms. The highest BCUT2D eigenvalue weighted by Crippen LogP contribution is 2.13. The minimum absolute atomic E-state index is 0.0940. The molecule has 20 heavy (non-hydrogen) atoms. The number of nitrogens with zero attached hydrogens (tertiary/aromatic N) is 3. The first kappa shape index (κ1) is 16.0. The predicted octanol–water partition coefficient (Wildman–Crippen LogP) is 1.53. The number of benzene rings is 1. The summed E-state index contributed by atoms with van der Waals surface area (Å²) < 4.78 is 5.46. The van der Waals surface area contributed by atoms with Crippen LogP contribution in [-0.4, -0.2) is 42.4 Å². The molecular formula is C15H19N3O2. The SMILES string of the molecule is CC(CC#N)N(C)CC(O)COc1cccc(C#N)c1. The highest BCUT2D eigenvalue weighted by Gasteiger charge is 2.14. The Labute approximate surface area is 119 Å². The summed E-state index contributed by atoms with van der Waals surface area (Å²) in [5.41, 5.74) is 0.525. The van der Waals surface area contributed by atoms with Crippen molar-refractivity contribution in [1.82, 2.24) is 4.90 Å². The fourth-order valence-corrected chi connectivity index (χ4v) is 1.70. The largest absolute Gasteiger partial charge is 0.491 e. The smallest absolute Gasteiger partial charge is 0.120 e. The van der Waals surface area contributed by atoms with Crippen molar-refractivity contribution in [3.05, 3.63) is 29.8 Å². The number of ether oxygens (including phenoxy) is 1. The maximum atomic E-state index is 9.91. The van der Waals surface area contributed by atoms with Crippen LogP contribution in [0.15, 0.2) is 24.3 Å². The number of hydrogen-bond donors (Lipinski definition) is 1. The van der Waals surface area contributed by atoms with Gasteiger partial charge in [0.1, 0.15) is 18.5 Å². The van der Waals surface area contributed by atoms with Gasteiger partial charge in [-0.25, -0.2) is 0 Å². The number of aliphatic hydroxyl groups is 1. The minimum atomic E-state index is -0.646. The van der Waals surface area contributed by atoms with Gasteiger partial charge in [-0.3, -0.25) is 4.90 Å². The Balaban J connectivity index is 2.41. The highest BCUT2D eigenvalue weighted by molar-refractivity contribution is 5.36. The molecule has 0 radical (unpaired) electrons. The van der Waals surface area contributed by atoms with Gasteiger partial charge in [-0.2, -0.15) is 10.5 Å². The van der Waals surface area contributed by atoms with Crippen LogP contribution < -0.4 is 4.74 Å². The molecule has 0 saturated heterocycles. The van der Waals surface area contributed by atoms with Crippen molar-refractivity contribution in [2.75, 3.05) is 20.2 Å². The second kappa shape index (κ2) is 8.16. The molecule has 0 aliphatic carbocycles. The molecule has 0 fully saturated rings. The van der Waals surface area contributed by atoms with Gasteiger partial charge in [-0.05, 0) is 32.2 Å². The van der Waals surface area contributed by atoms with Crippen molar-refractivity contribution in [2.24, 2.45) is 0 Å². The average Bonchev–Trinajstić information content (AvgIpc) is 2.45. The first-order valence-electron chi connectivity index (χ1n) is 6.45. The van der Waals surface area contributed by atoms with Crippen molar-refractivity contribution >= 4 is 0 Å². The molecule has 0 aliphatic rings. The average molecular weight is 273 g/mol. The number of rotatable bonds is 7. The normalized spacial score (nSPS) is 13.3. The van der Waals surface area contributed by atoms with E-state index in [0.717, 1.165) is 0 Å². The third kappa shape index (κ3) is 5.27. The van der Waals surface area contributed by atoms with Crippen molar-refractivity contribution in [3.8, 4) is 17.9 Å². The molecule has 2 unspecified atom stereocenters. The predicted molar refractivity (Wildman–Crippen MR) is 75.0 cm³/mol. The summed E-state index contributed by atoms with van der Waals surface area (Å²) in [7, 11) is 1.86. The van der Waals surface area contributed by atoms with Crippen LogP contribution in [-0.2, 0) is 0 Å². The maximum absolute atomic E-state index is 9.91. The molecule has 0 saturated carbocycles. The van der Waals surface area contributed by atoms with Crippen LogP contribution in [0.4, 0.5) is 0 Å². The monoisotopic (exact) mass is 273 g/mol. The molecule has 2 atom stereocenters. The van der Waals surface area contributed by atoms with Crippen molar-refractivity contribution in [1.29, 1.82) is 10.5 Å². The van der Waals surface area contributed by atoms with Crippen molar-refractivity contribution < 1.29 is 9.84 Å². The van der Waals surface area contributed by atoms with Gasteiger partial charge in [0.05, 0.1) is 24.1 Å². The fraction of sp³-hybridized carbons (Fsp3) is 0.467. The zero-order chi connectivity index (χ0) is 15.0. The van der Waals surface area contributed by atoms with E-state index in [1.165, 1.54) is 0 Å². The van der Waals surface area contributed by atoms with Gasteiger partial charge in [0.15, 0.2) is 0 Å². The topological polar surface area (TPSA) is 80.3 Å². The Morgan fingerprint density at radius 2 is 2.15 bits per heavy atom. The standard InChI is InChI=1S/C15H19N3O2/c1-12(6-7-16)18(2)10-14(19)11-20-15-5-3-4-13(8-15)9-17/h3-5,8,12,14,19H,6,10-11H2,1-2H3. The molecule has 0 aliphatic heterocycles. The van der Waals surface area contributed by atoms with Crippen LogP contribution in [0.25, 0.3) is 0 Å². The van der Waals surface area contributed by atoms with Crippen molar-refractivity contribution in [3.63, 3.8) is 0 Å². The lowest BCUT2D eigenvalue weighted by atomic mass is 10.2. The number of nitriles is 2. The van der Waals surface area contributed by atoms with Crippen LogP contribution in [0.1, 0.15) is 18.9 Å². The van der Waals surface area contributed by atoms with Gasteiger partial charge in [-0.1, -0.05) is 6.07 Å². The van der Waals surface area contributed by atoms with Crippen LogP contribution in [0.2, 0.25) is 0 Å². The molecule has 0 heterocycles. The van der Waals surface area contributed by atoms with Crippen molar-refractivity contribution in [2.45, 2.75) is 25.5 Å². The Morgan fingerprint density at radius 3 is 2.80 bits per heavy atom. The molecule has 0 spiro atoms. The van der Waals surface area contributed by atoms with Gasteiger partial charge in [0, 0.05) is 12.6 Å². The van der Waals surface area contributed by atoms with E-state index in [0.29, 0.717) is 24.3 Å². The van der Waals surface area contributed by atoms with E-state index in [1.807, 2.05) is 24.9 Å². The van der Waals surface area contributed by atoms with Crippen LogP contribution in [0.3, 0.4) is 0 Å². The molecule has 5 heteroatoms. The lowest BCUT2D eigenvalue weighted by Crippen LogP contribution is -2.38. The second-order valence-corrected chi connectivity index (χ2v) is 4.76. The first-order chi connectivity index (χ1) is 9.56. The second-order valence-electron chi connectivity index (χ2n) is 4.76. The Hall–Kier alpha value is -2.08. The maximum Gasteiger partial charge on any atom is 0.120 e. The third-order valence-corrected chi connectivity index (χ3v) is 3.04. The van der Waals surface area contributed by atoms with Crippen LogP contribution >= 0.6 is 0 Å². The van der Waals surface area contributed by atoms with E-state index in [1.54, 1.807) is 24.3 Å². The highest BCUT2D eigenvalue weighted by atomic mass is 16.5. The first-order valence-corrected chi connectivity index (χ1v) is 6.45. The van der Waals surface area contributed by atoms with E-state index in [9.17, 15) is 5.11 Å². The van der Waals surface area contributed by atoms with Gasteiger partial charge in [0.2, 0.25) is 0 Å². The third-order valence-electron chi connectivity index (χ3n) is 3.04. The zero-order valence-electron chi connectivity index (χ0n) is 11.8. The number of likely N-dealkylation sites (N-methyl/N-ethyl adjacent to an activating group) is 1. The molecule has 0 amide bonds. The summed E-state index contributed by atoms with van der Waals surface area (Å²) in [6, 6.07) is 11.0. The fourth-order valence-electron chi connectivity index (χ4n) is 1.70. The van der Waals surface area contributed by atoms with Gasteiger partial charge in [-0.15, -0.1) is 0 Å².